The van der Waals surface area contributed by atoms with E-state index in [1.54, 1.807) is 24.3 Å². The molecule has 6 heteroatoms. The molecule has 0 aliphatic carbocycles. The Morgan fingerprint density at radius 1 is 1.11 bits per heavy atom. The highest BCUT2D eigenvalue weighted by Gasteiger charge is 2.14. The Kier molecular flexibility index (Phi) is 8.45. The van der Waals surface area contributed by atoms with Gasteiger partial charge >= 0.3 is 0 Å². The summed E-state index contributed by atoms with van der Waals surface area (Å²) in [7, 11) is 0. The molecule has 1 amide bonds. The van der Waals surface area contributed by atoms with Crippen molar-refractivity contribution in [2.75, 3.05) is 5.32 Å². The summed E-state index contributed by atoms with van der Waals surface area (Å²) in [5.41, 5.74) is 4.03. The minimum atomic E-state index is -0.513. The van der Waals surface area contributed by atoms with Gasteiger partial charge in [-0.3, -0.25) is 4.79 Å². The molecule has 0 saturated carbocycles. The second-order valence-electron chi connectivity index (χ2n) is 8.54. The number of fused-ring (bicyclic) bond motifs is 1. The summed E-state index contributed by atoms with van der Waals surface area (Å²) in [5.74, 6) is 0.183. The van der Waals surface area contributed by atoms with Gasteiger partial charge in [0.25, 0.3) is 5.91 Å². The maximum Gasteiger partial charge on any atom is 0.266 e. The van der Waals surface area contributed by atoms with Gasteiger partial charge in [-0.2, -0.15) is 5.26 Å². The van der Waals surface area contributed by atoms with E-state index in [0.29, 0.717) is 35.1 Å². The first-order chi connectivity index (χ1) is 17.9. The number of ether oxygens (including phenoxy) is 1. The zero-order valence-electron chi connectivity index (χ0n) is 20.2. The fourth-order valence-electron chi connectivity index (χ4n) is 3.89. The Labute approximate surface area is 230 Å². The molecule has 0 heterocycles. The molecule has 0 atom stereocenters. The molecule has 1 N–H and O–H groups in total. The second kappa shape index (κ2) is 11.9. The van der Waals surface area contributed by atoms with Crippen LogP contribution in [-0.4, -0.2) is 5.91 Å². The predicted octanol–water partition coefficient (Wildman–Crippen LogP) is 8.42. The van der Waals surface area contributed by atoms with Crippen LogP contribution in [0.3, 0.4) is 0 Å². The van der Waals surface area contributed by atoms with Crippen molar-refractivity contribution in [2.45, 2.75) is 20.0 Å². The Balaban J connectivity index is 1.56. The van der Waals surface area contributed by atoms with Crippen molar-refractivity contribution in [3.8, 4) is 11.8 Å². The maximum atomic E-state index is 12.8. The van der Waals surface area contributed by atoms with Crippen molar-refractivity contribution >= 4 is 56.0 Å². The topological polar surface area (TPSA) is 62.1 Å². The SMILES string of the molecule is C=CCc1cc(/C=C(/C#N)C(=O)Nc2ccc(C)c(Cl)c2)cc(Br)c1OCc1ccc2ccccc2c1. The molecule has 0 aliphatic heterocycles. The molecule has 0 aliphatic rings. The molecule has 184 valence electrons. The quantitative estimate of drug-likeness (QED) is 0.131. The molecular formula is C31H24BrClN2O2. The normalized spacial score (nSPS) is 11.1. The van der Waals surface area contributed by atoms with Crippen LogP contribution in [0.4, 0.5) is 5.69 Å². The zero-order chi connectivity index (χ0) is 26.4. The van der Waals surface area contributed by atoms with E-state index in [4.69, 9.17) is 16.3 Å². The Morgan fingerprint density at radius 3 is 2.62 bits per heavy atom. The molecule has 4 nitrogen and oxygen atoms in total. The fourth-order valence-corrected chi connectivity index (χ4v) is 4.71. The molecule has 37 heavy (non-hydrogen) atoms. The first kappa shape index (κ1) is 26.2. The lowest BCUT2D eigenvalue weighted by Gasteiger charge is -2.15. The number of hydrogen-bond acceptors (Lipinski definition) is 3. The number of anilines is 1. The Morgan fingerprint density at radius 2 is 1.89 bits per heavy atom. The molecule has 4 aromatic carbocycles. The molecule has 0 bridgehead atoms. The van der Waals surface area contributed by atoms with Crippen LogP contribution >= 0.6 is 27.5 Å². The van der Waals surface area contributed by atoms with Crippen molar-refractivity contribution in [2.24, 2.45) is 0 Å². The van der Waals surface area contributed by atoms with Gasteiger partial charge < -0.3 is 10.1 Å². The summed E-state index contributed by atoms with van der Waals surface area (Å²) < 4.78 is 6.94. The van der Waals surface area contributed by atoms with Crippen molar-refractivity contribution in [3.05, 3.63) is 123 Å². The maximum absolute atomic E-state index is 12.8. The number of nitrogens with zero attached hydrogens (tertiary/aromatic N) is 1. The van der Waals surface area contributed by atoms with E-state index in [9.17, 15) is 10.1 Å². The highest BCUT2D eigenvalue weighted by Crippen LogP contribution is 2.33. The molecule has 4 rings (SSSR count). The Bertz CT molecular complexity index is 1570. The molecule has 0 fully saturated rings. The van der Waals surface area contributed by atoms with E-state index < -0.39 is 5.91 Å². The second-order valence-corrected chi connectivity index (χ2v) is 9.80. The third kappa shape index (κ3) is 6.48. The van der Waals surface area contributed by atoms with Gasteiger partial charge in [0.2, 0.25) is 0 Å². The van der Waals surface area contributed by atoms with Crippen LogP contribution in [0.2, 0.25) is 5.02 Å². The first-order valence-electron chi connectivity index (χ1n) is 11.6. The predicted molar refractivity (Wildman–Crippen MR) is 155 cm³/mol. The lowest BCUT2D eigenvalue weighted by molar-refractivity contribution is -0.112. The standard InChI is InChI=1S/C31H24BrClN2O2/c1-3-6-25-14-22(15-26(18-34)31(36)35-27-12-9-20(2)29(33)17-27)16-28(32)30(25)37-19-21-10-11-23-7-4-5-8-24(23)13-21/h3-5,7-17H,1,6,19H2,2H3,(H,35,36)/b26-15-. The zero-order valence-corrected chi connectivity index (χ0v) is 22.6. The van der Waals surface area contributed by atoms with Crippen LogP contribution in [0.15, 0.2) is 95.5 Å². The van der Waals surface area contributed by atoms with E-state index in [-0.39, 0.29) is 5.57 Å². The highest BCUT2D eigenvalue weighted by atomic mass is 79.9. The molecule has 0 saturated heterocycles. The van der Waals surface area contributed by atoms with Gasteiger partial charge in [-0.15, -0.1) is 6.58 Å². The number of amides is 1. The number of nitriles is 1. The smallest absolute Gasteiger partial charge is 0.266 e. The summed E-state index contributed by atoms with van der Waals surface area (Å²) in [5, 5.41) is 15.3. The summed E-state index contributed by atoms with van der Waals surface area (Å²) in [6.07, 6.45) is 3.90. The van der Waals surface area contributed by atoms with Crippen LogP contribution in [0, 0.1) is 18.3 Å². The van der Waals surface area contributed by atoms with Gasteiger partial charge in [0.15, 0.2) is 0 Å². The van der Waals surface area contributed by atoms with Gasteiger partial charge in [0, 0.05) is 10.7 Å². The van der Waals surface area contributed by atoms with Crippen molar-refractivity contribution in [1.29, 1.82) is 5.26 Å². The largest absolute Gasteiger partial charge is 0.487 e. The molecule has 0 spiro atoms. The summed E-state index contributed by atoms with van der Waals surface area (Å²) in [6, 6.07) is 25.4. The number of halogens is 2. The minimum absolute atomic E-state index is 0.0296. The van der Waals surface area contributed by atoms with Crippen molar-refractivity contribution < 1.29 is 9.53 Å². The average Bonchev–Trinajstić information content (AvgIpc) is 2.89. The van der Waals surface area contributed by atoms with Gasteiger partial charge in [-0.1, -0.05) is 60.1 Å². The lowest BCUT2D eigenvalue weighted by Crippen LogP contribution is -2.13. The third-order valence-electron chi connectivity index (χ3n) is 5.81. The fraction of sp³-hybridized carbons (Fsp3) is 0.0968. The lowest BCUT2D eigenvalue weighted by atomic mass is 10.0. The molecule has 0 unspecified atom stereocenters. The third-order valence-corrected chi connectivity index (χ3v) is 6.81. The van der Waals surface area contributed by atoms with Crippen LogP contribution in [-0.2, 0) is 17.8 Å². The number of aryl methyl sites for hydroxylation is 1. The van der Waals surface area contributed by atoms with Gasteiger partial charge in [0.05, 0.1) is 4.47 Å². The van der Waals surface area contributed by atoms with Gasteiger partial charge in [-0.05, 0) is 98.7 Å². The number of carbonyl (C=O) groups excluding carboxylic acids is 1. The molecular weight excluding hydrogens is 548 g/mol. The van der Waals surface area contributed by atoms with Crippen LogP contribution in [0.1, 0.15) is 22.3 Å². The van der Waals surface area contributed by atoms with E-state index in [1.165, 1.54) is 5.39 Å². The monoisotopic (exact) mass is 570 g/mol. The summed E-state index contributed by atoms with van der Waals surface area (Å²) >= 11 is 9.77. The van der Waals surface area contributed by atoms with Gasteiger partial charge in [0.1, 0.15) is 24.0 Å². The number of allylic oxidation sites excluding steroid dienone is 1. The number of rotatable bonds is 8. The Hall–Kier alpha value is -3.85. The van der Waals surface area contributed by atoms with Crippen molar-refractivity contribution in [3.63, 3.8) is 0 Å². The van der Waals surface area contributed by atoms with Crippen LogP contribution in [0.5, 0.6) is 5.75 Å². The number of nitrogens with one attached hydrogen (secondary N) is 1. The first-order valence-corrected chi connectivity index (χ1v) is 12.8. The molecule has 0 aromatic heterocycles. The van der Waals surface area contributed by atoms with E-state index in [0.717, 1.165) is 26.5 Å². The number of benzene rings is 4. The summed E-state index contributed by atoms with van der Waals surface area (Å²) in [6.45, 7) is 6.13. The van der Waals surface area contributed by atoms with E-state index in [2.05, 4.69) is 58.2 Å². The van der Waals surface area contributed by atoms with E-state index in [1.807, 2.05) is 43.3 Å². The van der Waals surface area contributed by atoms with Gasteiger partial charge in [-0.25, -0.2) is 0 Å². The number of hydrogen-bond donors (Lipinski definition) is 1. The van der Waals surface area contributed by atoms with Crippen molar-refractivity contribution in [1.82, 2.24) is 0 Å². The number of carbonyl (C=O) groups is 1. The highest BCUT2D eigenvalue weighted by molar-refractivity contribution is 9.10. The summed E-state index contributed by atoms with van der Waals surface area (Å²) in [4.78, 5) is 12.8. The average molecular weight is 572 g/mol. The van der Waals surface area contributed by atoms with Crippen LogP contribution in [0.25, 0.3) is 16.8 Å². The van der Waals surface area contributed by atoms with E-state index >= 15 is 0 Å². The minimum Gasteiger partial charge on any atom is -0.487 e. The molecule has 0 radical (unpaired) electrons. The molecule has 4 aromatic rings. The van der Waals surface area contributed by atoms with Crippen LogP contribution < -0.4 is 10.1 Å².